The SMILES string of the molecule is CC1CC2=C(OCCNCc3c(cnn3C)-c3ccc4n[nH]c1c4c3)N(C)NC2(C)C. The lowest BCUT2D eigenvalue weighted by molar-refractivity contribution is 0.107. The third-order valence-electron chi connectivity index (χ3n) is 6.53. The molecule has 164 valence electrons. The van der Waals surface area contributed by atoms with Crippen LogP contribution in [0, 0.1) is 0 Å². The number of aromatic amines is 1. The standard InChI is InChI=1S/C23H31N7O/c1-14-10-18-22(30(5)28-23(18,2)3)31-9-8-24-13-20-17(12-25-29(20)4)15-6-7-19-16(11-15)21(14)27-26-19/h6-7,11-12,14,24,28H,8-10,13H2,1-5H3,(H,26,27). The Balaban J connectivity index is 1.62. The summed E-state index contributed by atoms with van der Waals surface area (Å²) in [7, 11) is 4.02. The summed E-state index contributed by atoms with van der Waals surface area (Å²) in [6.07, 6.45) is 2.84. The summed E-state index contributed by atoms with van der Waals surface area (Å²) in [5, 5.41) is 19.1. The van der Waals surface area contributed by atoms with Gasteiger partial charge in [0.05, 0.1) is 22.9 Å². The molecule has 1 unspecified atom stereocenters. The minimum atomic E-state index is -0.164. The topological polar surface area (TPSA) is 83.0 Å². The third kappa shape index (κ3) is 3.40. The zero-order chi connectivity index (χ0) is 21.8. The van der Waals surface area contributed by atoms with Gasteiger partial charge in [0.1, 0.15) is 6.61 Å². The van der Waals surface area contributed by atoms with Crippen molar-refractivity contribution in [2.75, 3.05) is 20.2 Å². The maximum Gasteiger partial charge on any atom is 0.204 e. The molecule has 0 saturated carbocycles. The van der Waals surface area contributed by atoms with Gasteiger partial charge in [0.15, 0.2) is 0 Å². The van der Waals surface area contributed by atoms with Crippen molar-refractivity contribution in [1.82, 2.24) is 35.7 Å². The second kappa shape index (κ2) is 7.39. The number of aryl methyl sites for hydroxylation is 1. The molecule has 4 heterocycles. The lowest BCUT2D eigenvalue weighted by atomic mass is 9.86. The molecule has 0 radical (unpaired) electrons. The van der Waals surface area contributed by atoms with Gasteiger partial charge in [0.25, 0.3) is 0 Å². The molecule has 8 nitrogen and oxygen atoms in total. The van der Waals surface area contributed by atoms with Crippen LogP contribution in [0.1, 0.15) is 44.5 Å². The lowest BCUT2D eigenvalue weighted by Gasteiger charge is -2.24. The Morgan fingerprint density at radius 2 is 2.06 bits per heavy atom. The fourth-order valence-electron chi connectivity index (χ4n) is 4.86. The van der Waals surface area contributed by atoms with E-state index < -0.39 is 0 Å². The lowest BCUT2D eigenvalue weighted by Crippen LogP contribution is -2.42. The average molecular weight is 422 g/mol. The second-order valence-electron chi connectivity index (χ2n) is 9.21. The van der Waals surface area contributed by atoms with Crippen molar-refractivity contribution in [3.05, 3.63) is 47.2 Å². The molecule has 3 N–H and O–H groups in total. The Morgan fingerprint density at radius 1 is 1.23 bits per heavy atom. The van der Waals surface area contributed by atoms with E-state index in [4.69, 9.17) is 4.74 Å². The number of benzene rings is 1. The molecule has 0 spiro atoms. The smallest absolute Gasteiger partial charge is 0.204 e. The van der Waals surface area contributed by atoms with Crippen LogP contribution in [0.4, 0.5) is 0 Å². The second-order valence-corrected chi connectivity index (χ2v) is 9.21. The van der Waals surface area contributed by atoms with E-state index in [9.17, 15) is 0 Å². The fourth-order valence-corrected chi connectivity index (χ4v) is 4.86. The van der Waals surface area contributed by atoms with Crippen molar-refractivity contribution in [3.8, 4) is 11.1 Å². The Hall–Kier alpha value is -2.84. The number of aromatic nitrogens is 4. The van der Waals surface area contributed by atoms with Gasteiger partial charge >= 0.3 is 0 Å². The van der Waals surface area contributed by atoms with Gasteiger partial charge in [0, 0.05) is 55.3 Å². The van der Waals surface area contributed by atoms with Crippen molar-refractivity contribution in [2.45, 2.75) is 45.2 Å². The van der Waals surface area contributed by atoms with Crippen LogP contribution in [0.5, 0.6) is 0 Å². The summed E-state index contributed by atoms with van der Waals surface area (Å²) in [6.45, 7) is 8.77. The first-order chi connectivity index (χ1) is 14.8. The summed E-state index contributed by atoms with van der Waals surface area (Å²) < 4.78 is 8.22. The minimum absolute atomic E-state index is 0.164. The molecule has 0 aliphatic carbocycles. The van der Waals surface area contributed by atoms with Crippen molar-refractivity contribution < 1.29 is 4.74 Å². The molecule has 0 amide bonds. The van der Waals surface area contributed by atoms with E-state index in [2.05, 4.69) is 65.0 Å². The molecule has 8 heteroatoms. The Morgan fingerprint density at radius 3 is 2.90 bits per heavy atom. The number of hydrogen-bond donors (Lipinski definition) is 3. The molecule has 3 aromatic rings. The predicted molar refractivity (Wildman–Crippen MR) is 121 cm³/mol. The van der Waals surface area contributed by atoms with Crippen LogP contribution in [0.3, 0.4) is 0 Å². The molecule has 1 atom stereocenters. The quantitative estimate of drug-likeness (QED) is 0.518. The highest BCUT2D eigenvalue weighted by molar-refractivity contribution is 5.87. The van der Waals surface area contributed by atoms with Gasteiger partial charge in [-0.25, -0.2) is 5.43 Å². The molecule has 2 aliphatic heterocycles. The normalized spacial score (nSPS) is 21.6. The number of hydrogen-bond acceptors (Lipinski definition) is 6. The van der Waals surface area contributed by atoms with E-state index in [0.717, 1.165) is 47.9 Å². The third-order valence-corrected chi connectivity index (χ3v) is 6.53. The number of rotatable bonds is 0. The maximum absolute atomic E-state index is 6.27. The van der Waals surface area contributed by atoms with E-state index in [1.807, 2.05) is 30.0 Å². The highest BCUT2D eigenvalue weighted by Crippen LogP contribution is 2.38. The Kier molecular flexibility index (Phi) is 4.79. The fraction of sp³-hybridized carbons (Fsp3) is 0.478. The van der Waals surface area contributed by atoms with Gasteiger partial charge in [-0.05, 0) is 38.0 Å². The number of H-pyrrole nitrogens is 1. The molecule has 5 rings (SSSR count). The van der Waals surface area contributed by atoms with Crippen LogP contribution in [0.2, 0.25) is 0 Å². The predicted octanol–water partition coefficient (Wildman–Crippen LogP) is 3.02. The highest BCUT2D eigenvalue weighted by atomic mass is 16.5. The molecular formula is C23H31N7O. The zero-order valence-corrected chi connectivity index (χ0v) is 18.9. The van der Waals surface area contributed by atoms with E-state index in [-0.39, 0.29) is 11.5 Å². The molecule has 2 aromatic heterocycles. The summed E-state index contributed by atoms with van der Waals surface area (Å²) in [4.78, 5) is 0. The van der Waals surface area contributed by atoms with E-state index >= 15 is 0 Å². The molecule has 2 bridgehead atoms. The summed E-state index contributed by atoms with van der Waals surface area (Å²) in [6, 6.07) is 6.49. The summed E-state index contributed by atoms with van der Waals surface area (Å²) in [5.41, 5.74) is 10.3. The monoisotopic (exact) mass is 421 g/mol. The number of fused-ring (bicyclic) bond motifs is 3. The number of nitrogens with zero attached hydrogens (tertiary/aromatic N) is 4. The van der Waals surface area contributed by atoms with Crippen LogP contribution in [0.15, 0.2) is 35.9 Å². The van der Waals surface area contributed by atoms with E-state index in [1.54, 1.807) is 0 Å². The van der Waals surface area contributed by atoms with Gasteiger partial charge < -0.3 is 10.1 Å². The van der Waals surface area contributed by atoms with Crippen LogP contribution in [0.25, 0.3) is 22.0 Å². The van der Waals surface area contributed by atoms with Gasteiger partial charge in [-0.1, -0.05) is 13.0 Å². The molecule has 31 heavy (non-hydrogen) atoms. The number of hydrazine groups is 1. The van der Waals surface area contributed by atoms with E-state index in [0.29, 0.717) is 6.61 Å². The Labute approximate surface area is 182 Å². The molecular weight excluding hydrogens is 390 g/mol. The molecule has 0 saturated heterocycles. The van der Waals surface area contributed by atoms with Gasteiger partial charge in [-0.3, -0.25) is 14.8 Å². The number of nitrogens with one attached hydrogen (secondary N) is 3. The Bertz CT molecular complexity index is 1160. The summed E-state index contributed by atoms with van der Waals surface area (Å²) in [5.74, 6) is 1.19. The van der Waals surface area contributed by atoms with Crippen LogP contribution in [-0.2, 0) is 18.3 Å². The summed E-state index contributed by atoms with van der Waals surface area (Å²) >= 11 is 0. The average Bonchev–Trinajstić information content (AvgIpc) is 3.36. The molecule has 0 fully saturated rings. The van der Waals surface area contributed by atoms with Gasteiger partial charge in [0.2, 0.25) is 5.88 Å². The van der Waals surface area contributed by atoms with Crippen LogP contribution >= 0.6 is 0 Å². The minimum Gasteiger partial charge on any atom is -0.477 e. The maximum atomic E-state index is 6.27. The van der Waals surface area contributed by atoms with Crippen LogP contribution < -0.4 is 10.7 Å². The van der Waals surface area contributed by atoms with Crippen molar-refractivity contribution in [3.63, 3.8) is 0 Å². The zero-order valence-electron chi connectivity index (χ0n) is 18.9. The molecule has 2 aliphatic rings. The van der Waals surface area contributed by atoms with E-state index in [1.165, 1.54) is 16.5 Å². The van der Waals surface area contributed by atoms with Gasteiger partial charge in [-0.15, -0.1) is 0 Å². The van der Waals surface area contributed by atoms with Crippen molar-refractivity contribution >= 4 is 10.9 Å². The first kappa shape index (κ1) is 20.1. The van der Waals surface area contributed by atoms with Gasteiger partial charge in [-0.2, -0.15) is 10.2 Å². The first-order valence-electron chi connectivity index (χ1n) is 10.9. The largest absolute Gasteiger partial charge is 0.477 e. The van der Waals surface area contributed by atoms with Crippen molar-refractivity contribution in [2.24, 2.45) is 7.05 Å². The number of ether oxygens (including phenoxy) is 1. The van der Waals surface area contributed by atoms with Crippen molar-refractivity contribution in [1.29, 1.82) is 0 Å². The van der Waals surface area contributed by atoms with Crippen LogP contribution in [-0.4, -0.2) is 50.7 Å². The first-order valence-corrected chi connectivity index (χ1v) is 10.9. The highest BCUT2D eigenvalue weighted by Gasteiger charge is 2.38. The molecule has 1 aromatic carbocycles.